The van der Waals surface area contributed by atoms with Gasteiger partial charge in [0, 0.05) is 19.3 Å². The minimum atomic E-state index is -0.780. The van der Waals surface area contributed by atoms with Gasteiger partial charge in [-0.3, -0.25) is 4.79 Å². The van der Waals surface area contributed by atoms with E-state index in [1.54, 1.807) is 73.7 Å². The number of carbonyl (C=O) groups is 3. The van der Waals surface area contributed by atoms with Gasteiger partial charge in [-0.05, 0) is 66.2 Å². The Kier molecular flexibility index (Phi) is 8.05. The summed E-state index contributed by atoms with van der Waals surface area (Å²) >= 11 is 0. The van der Waals surface area contributed by atoms with Gasteiger partial charge < -0.3 is 25.0 Å². The first-order valence-electron chi connectivity index (χ1n) is 9.50. The summed E-state index contributed by atoms with van der Waals surface area (Å²) in [6, 6.07) is 6.34. The lowest BCUT2D eigenvalue weighted by molar-refractivity contribution is -0.117. The molecule has 0 aliphatic carbocycles. The van der Waals surface area contributed by atoms with Gasteiger partial charge in [0.25, 0.3) is 0 Å². The van der Waals surface area contributed by atoms with Crippen molar-refractivity contribution in [2.75, 3.05) is 12.4 Å². The van der Waals surface area contributed by atoms with Crippen molar-refractivity contribution in [3.63, 3.8) is 0 Å². The summed E-state index contributed by atoms with van der Waals surface area (Å²) < 4.78 is 10.5. The molecule has 0 aliphatic rings. The first-order chi connectivity index (χ1) is 13.2. The molecule has 0 bridgehead atoms. The van der Waals surface area contributed by atoms with E-state index >= 15 is 0 Å². The molecule has 0 unspecified atom stereocenters. The van der Waals surface area contributed by atoms with Gasteiger partial charge >= 0.3 is 12.2 Å². The fourth-order valence-corrected chi connectivity index (χ4v) is 2.23. The van der Waals surface area contributed by atoms with Crippen molar-refractivity contribution in [2.45, 2.75) is 72.3 Å². The maximum absolute atomic E-state index is 12.3. The lowest BCUT2D eigenvalue weighted by Crippen LogP contribution is -2.44. The molecule has 1 rings (SSSR count). The number of hydrogen-bond donors (Lipinski definition) is 2. The summed E-state index contributed by atoms with van der Waals surface area (Å²) in [6.07, 6.45) is -1.09. The first-order valence-corrected chi connectivity index (χ1v) is 9.50. The molecule has 0 saturated carbocycles. The molecule has 2 N–H and O–H groups in total. The predicted octanol–water partition coefficient (Wildman–Crippen LogP) is 3.91. The van der Waals surface area contributed by atoms with Crippen LogP contribution >= 0.6 is 0 Å². The Labute approximate surface area is 172 Å². The van der Waals surface area contributed by atoms with Crippen LogP contribution in [0.4, 0.5) is 15.3 Å². The van der Waals surface area contributed by atoms with Crippen LogP contribution in [0.3, 0.4) is 0 Å². The van der Waals surface area contributed by atoms with Crippen molar-refractivity contribution in [2.24, 2.45) is 0 Å². The minimum Gasteiger partial charge on any atom is -0.444 e. The smallest absolute Gasteiger partial charge is 0.410 e. The lowest BCUT2D eigenvalue weighted by atomic mass is 10.2. The molecule has 0 radical (unpaired) electrons. The van der Waals surface area contributed by atoms with Crippen LogP contribution in [0.5, 0.6) is 0 Å². The van der Waals surface area contributed by atoms with Crippen LogP contribution in [0, 0.1) is 0 Å². The number of nitrogens with one attached hydrogen (secondary N) is 2. The molecule has 0 aromatic heterocycles. The molecule has 1 aromatic carbocycles. The van der Waals surface area contributed by atoms with E-state index in [-0.39, 0.29) is 5.91 Å². The highest BCUT2D eigenvalue weighted by atomic mass is 16.6. The van der Waals surface area contributed by atoms with Crippen molar-refractivity contribution in [3.8, 4) is 0 Å². The SMILES string of the molecule is C[C@@H](NC(=O)OC(C)(C)C)C(=O)Nc1cccc(CN(C)C(=O)OC(C)(C)C)c1. The number of alkyl carbamates (subject to hydrolysis) is 1. The number of benzene rings is 1. The van der Waals surface area contributed by atoms with E-state index in [9.17, 15) is 14.4 Å². The van der Waals surface area contributed by atoms with Crippen LogP contribution < -0.4 is 10.6 Å². The highest BCUT2D eigenvalue weighted by Gasteiger charge is 2.22. The number of anilines is 1. The fourth-order valence-electron chi connectivity index (χ4n) is 2.23. The molecule has 3 amide bonds. The molecule has 0 fully saturated rings. The van der Waals surface area contributed by atoms with Crippen LogP contribution in [0.1, 0.15) is 54.0 Å². The summed E-state index contributed by atoms with van der Waals surface area (Å²) in [5.74, 6) is -0.381. The normalized spacial score (nSPS) is 12.6. The van der Waals surface area contributed by atoms with Gasteiger partial charge in [0.05, 0.1) is 0 Å². The Bertz CT molecular complexity index is 735. The zero-order valence-corrected chi connectivity index (χ0v) is 18.6. The topological polar surface area (TPSA) is 97.0 Å². The zero-order valence-electron chi connectivity index (χ0n) is 18.6. The lowest BCUT2D eigenvalue weighted by Gasteiger charge is -2.24. The number of hydrogen-bond acceptors (Lipinski definition) is 5. The summed E-state index contributed by atoms with van der Waals surface area (Å²) in [5.41, 5.74) is 0.166. The highest BCUT2D eigenvalue weighted by molar-refractivity contribution is 5.96. The van der Waals surface area contributed by atoms with Gasteiger partial charge in [-0.15, -0.1) is 0 Å². The second kappa shape index (κ2) is 9.62. The third-order valence-corrected chi connectivity index (χ3v) is 3.45. The van der Waals surface area contributed by atoms with Crippen LogP contribution in [0.25, 0.3) is 0 Å². The predicted molar refractivity (Wildman–Crippen MR) is 112 cm³/mol. The fraction of sp³-hybridized carbons (Fsp3) is 0.571. The van der Waals surface area contributed by atoms with E-state index in [1.165, 1.54) is 4.90 Å². The molecular formula is C21H33N3O5. The second-order valence-electron chi connectivity index (χ2n) is 8.89. The van der Waals surface area contributed by atoms with Crippen molar-refractivity contribution in [3.05, 3.63) is 29.8 Å². The molecule has 8 nitrogen and oxygen atoms in total. The third-order valence-electron chi connectivity index (χ3n) is 3.45. The molecular weight excluding hydrogens is 374 g/mol. The first kappa shape index (κ1) is 24.3. The molecule has 0 aliphatic heterocycles. The molecule has 0 spiro atoms. The molecule has 0 heterocycles. The number of nitrogens with zero attached hydrogens (tertiary/aromatic N) is 1. The average Bonchev–Trinajstić information content (AvgIpc) is 2.51. The Morgan fingerprint density at radius 2 is 1.62 bits per heavy atom. The molecule has 0 saturated heterocycles. The Balaban J connectivity index is 2.67. The van der Waals surface area contributed by atoms with Crippen molar-refractivity contribution >= 4 is 23.8 Å². The van der Waals surface area contributed by atoms with Gasteiger partial charge in [0.1, 0.15) is 17.2 Å². The standard InChI is InChI=1S/C21H33N3O5/c1-14(22-18(26)28-20(2,3)4)17(25)23-16-11-9-10-15(12-16)13-24(8)19(27)29-21(5,6)7/h9-12,14H,13H2,1-8H3,(H,22,26)(H,23,25)/t14-/m1/s1. The van der Waals surface area contributed by atoms with Crippen LogP contribution in [0.15, 0.2) is 24.3 Å². The number of amides is 3. The summed E-state index contributed by atoms with van der Waals surface area (Å²) in [4.78, 5) is 37.7. The quantitative estimate of drug-likeness (QED) is 0.771. The Morgan fingerprint density at radius 1 is 1.03 bits per heavy atom. The average molecular weight is 408 g/mol. The Morgan fingerprint density at radius 3 is 2.17 bits per heavy atom. The van der Waals surface area contributed by atoms with E-state index in [1.807, 2.05) is 6.07 Å². The third kappa shape index (κ3) is 9.82. The van der Waals surface area contributed by atoms with Crippen molar-refractivity contribution in [1.29, 1.82) is 0 Å². The second-order valence-corrected chi connectivity index (χ2v) is 8.89. The zero-order chi connectivity index (χ0) is 22.4. The number of carbonyl (C=O) groups excluding carboxylic acids is 3. The number of ether oxygens (including phenoxy) is 2. The van der Waals surface area contributed by atoms with Crippen molar-refractivity contribution in [1.82, 2.24) is 10.2 Å². The highest BCUT2D eigenvalue weighted by Crippen LogP contribution is 2.15. The van der Waals surface area contributed by atoms with E-state index in [4.69, 9.17) is 9.47 Å². The molecule has 8 heteroatoms. The van der Waals surface area contributed by atoms with Crippen LogP contribution in [0.2, 0.25) is 0 Å². The van der Waals surface area contributed by atoms with E-state index in [0.717, 1.165) is 5.56 Å². The molecule has 162 valence electrons. The maximum atomic E-state index is 12.3. The van der Waals surface area contributed by atoms with Crippen LogP contribution in [-0.2, 0) is 20.8 Å². The van der Waals surface area contributed by atoms with Crippen LogP contribution in [-0.4, -0.2) is 47.3 Å². The molecule has 29 heavy (non-hydrogen) atoms. The minimum absolute atomic E-state index is 0.324. The largest absolute Gasteiger partial charge is 0.444 e. The summed E-state index contributed by atoms with van der Waals surface area (Å²) in [5, 5.41) is 5.24. The summed E-state index contributed by atoms with van der Waals surface area (Å²) in [7, 11) is 1.64. The van der Waals surface area contributed by atoms with Gasteiger partial charge in [-0.1, -0.05) is 12.1 Å². The monoisotopic (exact) mass is 407 g/mol. The molecule has 1 aromatic rings. The summed E-state index contributed by atoms with van der Waals surface area (Å²) in [6.45, 7) is 12.6. The Hall–Kier alpha value is -2.77. The van der Waals surface area contributed by atoms with Gasteiger partial charge in [-0.25, -0.2) is 9.59 Å². The van der Waals surface area contributed by atoms with E-state index in [2.05, 4.69) is 10.6 Å². The van der Waals surface area contributed by atoms with Gasteiger partial charge in [0.15, 0.2) is 0 Å². The van der Waals surface area contributed by atoms with Crippen molar-refractivity contribution < 1.29 is 23.9 Å². The van der Waals surface area contributed by atoms with Gasteiger partial charge in [0.2, 0.25) is 5.91 Å². The van der Waals surface area contributed by atoms with E-state index < -0.39 is 29.4 Å². The molecule has 1 atom stereocenters. The maximum Gasteiger partial charge on any atom is 0.410 e. The number of rotatable bonds is 5. The van der Waals surface area contributed by atoms with E-state index in [0.29, 0.717) is 12.2 Å². The van der Waals surface area contributed by atoms with Gasteiger partial charge in [-0.2, -0.15) is 0 Å².